The van der Waals surface area contributed by atoms with Gasteiger partial charge < -0.3 is 0 Å². The van der Waals surface area contributed by atoms with Crippen LogP contribution >= 0.6 is 0 Å². The van der Waals surface area contributed by atoms with Crippen molar-refractivity contribution in [2.24, 2.45) is 0 Å². The number of benzene rings is 2. The second kappa shape index (κ2) is 4.96. The molecule has 1 nitrogen and oxygen atoms in total. The van der Waals surface area contributed by atoms with Crippen LogP contribution < -0.4 is 0 Å². The summed E-state index contributed by atoms with van der Waals surface area (Å²) >= 11 is 0. The molecule has 0 atom stereocenters. The minimum atomic E-state index is 0.145. The fourth-order valence-electron chi connectivity index (χ4n) is 2.09. The van der Waals surface area contributed by atoms with Crippen molar-refractivity contribution in [2.75, 3.05) is 0 Å². The molecule has 0 amide bonds. The lowest BCUT2D eigenvalue weighted by Crippen LogP contribution is -2.03. The molecule has 0 saturated heterocycles. The third kappa shape index (κ3) is 2.14. The van der Waals surface area contributed by atoms with Crippen molar-refractivity contribution >= 4 is 16.6 Å². The summed E-state index contributed by atoms with van der Waals surface area (Å²) in [5.41, 5.74) is 1.68. The molecule has 0 heterocycles. The van der Waals surface area contributed by atoms with E-state index in [9.17, 15) is 4.79 Å². The Hall–Kier alpha value is -1.89. The molecule has 0 aliphatic carbocycles. The molecule has 0 unspecified atom stereocenters. The lowest BCUT2D eigenvalue weighted by Gasteiger charge is -2.07. The summed E-state index contributed by atoms with van der Waals surface area (Å²) in [6, 6.07) is 13.9. The van der Waals surface area contributed by atoms with Crippen molar-refractivity contribution in [3.8, 4) is 0 Å². The summed E-state index contributed by atoms with van der Waals surface area (Å²) in [6.07, 6.45) is 2.68. The first-order chi connectivity index (χ1) is 8.27. The largest absolute Gasteiger partial charge is 0.289 e. The van der Waals surface area contributed by atoms with Gasteiger partial charge in [0, 0.05) is 5.56 Å². The first kappa shape index (κ1) is 11.6. The standard InChI is InChI=1S/C16H16O/c1-3-12(4-2)16(17)15-11-7-9-13-8-5-6-10-14(13)15/h3,5-11H,4H2,1-2H3/b12-3-. The Balaban J connectivity index is 2.60. The number of allylic oxidation sites excluding steroid dienone is 2. The Bertz CT molecular complexity index is 574. The van der Waals surface area contributed by atoms with E-state index in [1.807, 2.05) is 62.4 Å². The number of fused-ring (bicyclic) bond motifs is 1. The van der Waals surface area contributed by atoms with Crippen LogP contribution in [0.3, 0.4) is 0 Å². The van der Waals surface area contributed by atoms with Gasteiger partial charge in [-0.15, -0.1) is 0 Å². The average molecular weight is 224 g/mol. The van der Waals surface area contributed by atoms with Crippen molar-refractivity contribution in [3.63, 3.8) is 0 Å². The molecule has 0 radical (unpaired) electrons. The zero-order valence-electron chi connectivity index (χ0n) is 10.2. The Morgan fingerprint density at radius 2 is 1.82 bits per heavy atom. The average Bonchev–Trinajstić information content (AvgIpc) is 2.39. The SMILES string of the molecule is C/C=C(/CC)C(=O)c1cccc2ccccc12. The van der Waals surface area contributed by atoms with E-state index in [2.05, 4.69) is 0 Å². The number of carbonyl (C=O) groups is 1. The second-order valence-electron chi connectivity index (χ2n) is 4.02. The minimum absolute atomic E-state index is 0.145. The Kier molecular flexibility index (Phi) is 3.38. The van der Waals surface area contributed by atoms with Gasteiger partial charge in [0.15, 0.2) is 5.78 Å². The molecule has 0 spiro atoms. The Morgan fingerprint density at radius 1 is 1.12 bits per heavy atom. The summed E-state index contributed by atoms with van der Waals surface area (Å²) in [7, 11) is 0. The van der Waals surface area contributed by atoms with Crippen LogP contribution in [0.4, 0.5) is 0 Å². The summed E-state index contributed by atoms with van der Waals surface area (Å²) in [5.74, 6) is 0.145. The molecular weight excluding hydrogens is 208 g/mol. The lowest BCUT2D eigenvalue weighted by atomic mass is 9.96. The quantitative estimate of drug-likeness (QED) is 0.558. The maximum atomic E-state index is 12.4. The van der Waals surface area contributed by atoms with Crippen molar-refractivity contribution in [1.29, 1.82) is 0 Å². The van der Waals surface area contributed by atoms with Gasteiger partial charge in [-0.25, -0.2) is 0 Å². The molecule has 2 aromatic rings. The van der Waals surface area contributed by atoms with Crippen LogP contribution in [0.15, 0.2) is 54.1 Å². The normalized spacial score (nSPS) is 11.8. The molecule has 0 aliphatic rings. The second-order valence-corrected chi connectivity index (χ2v) is 4.02. The zero-order valence-corrected chi connectivity index (χ0v) is 10.2. The first-order valence-electron chi connectivity index (χ1n) is 5.95. The minimum Gasteiger partial charge on any atom is -0.289 e. The third-order valence-corrected chi connectivity index (χ3v) is 3.06. The van der Waals surface area contributed by atoms with Crippen LogP contribution in [0.25, 0.3) is 10.8 Å². The summed E-state index contributed by atoms with van der Waals surface area (Å²) in [5, 5.41) is 2.15. The van der Waals surface area contributed by atoms with Crippen LogP contribution in [-0.2, 0) is 0 Å². The highest BCUT2D eigenvalue weighted by Crippen LogP contribution is 2.22. The number of hydrogen-bond donors (Lipinski definition) is 0. The monoisotopic (exact) mass is 224 g/mol. The van der Waals surface area contributed by atoms with Gasteiger partial charge in [-0.2, -0.15) is 0 Å². The highest BCUT2D eigenvalue weighted by molar-refractivity contribution is 6.16. The molecule has 86 valence electrons. The van der Waals surface area contributed by atoms with Crippen LogP contribution in [0, 0.1) is 0 Å². The molecule has 0 aliphatic heterocycles. The van der Waals surface area contributed by atoms with E-state index in [0.717, 1.165) is 28.3 Å². The zero-order chi connectivity index (χ0) is 12.3. The fraction of sp³-hybridized carbons (Fsp3) is 0.188. The Labute approximate surface area is 102 Å². The van der Waals surface area contributed by atoms with Gasteiger partial charge in [-0.05, 0) is 29.7 Å². The van der Waals surface area contributed by atoms with Crippen molar-refractivity contribution in [3.05, 3.63) is 59.7 Å². The van der Waals surface area contributed by atoms with E-state index < -0.39 is 0 Å². The number of carbonyl (C=O) groups excluding carboxylic acids is 1. The highest BCUT2D eigenvalue weighted by Gasteiger charge is 2.12. The molecule has 17 heavy (non-hydrogen) atoms. The molecule has 0 N–H and O–H groups in total. The van der Waals surface area contributed by atoms with E-state index in [1.54, 1.807) is 0 Å². The number of Topliss-reactive ketones (excluding diaryl/α,β-unsaturated/α-hetero) is 1. The van der Waals surface area contributed by atoms with Crippen molar-refractivity contribution in [1.82, 2.24) is 0 Å². The summed E-state index contributed by atoms with van der Waals surface area (Å²) in [4.78, 5) is 12.4. The molecule has 0 bridgehead atoms. The van der Waals surface area contributed by atoms with E-state index in [4.69, 9.17) is 0 Å². The first-order valence-corrected chi connectivity index (χ1v) is 5.95. The highest BCUT2D eigenvalue weighted by atomic mass is 16.1. The molecule has 2 rings (SSSR count). The molecule has 1 heteroatoms. The van der Waals surface area contributed by atoms with Crippen molar-refractivity contribution < 1.29 is 4.79 Å². The molecule has 0 aromatic heterocycles. The van der Waals surface area contributed by atoms with Gasteiger partial charge in [-0.1, -0.05) is 55.5 Å². The van der Waals surface area contributed by atoms with E-state index in [1.165, 1.54) is 0 Å². The smallest absolute Gasteiger partial charge is 0.189 e. The van der Waals surface area contributed by atoms with Crippen molar-refractivity contribution in [2.45, 2.75) is 20.3 Å². The van der Waals surface area contributed by atoms with E-state index in [0.29, 0.717) is 0 Å². The number of ketones is 1. The topological polar surface area (TPSA) is 17.1 Å². The number of hydrogen-bond acceptors (Lipinski definition) is 1. The molecule has 2 aromatic carbocycles. The predicted molar refractivity (Wildman–Crippen MR) is 72.3 cm³/mol. The van der Waals surface area contributed by atoms with E-state index >= 15 is 0 Å². The van der Waals surface area contributed by atoms with Crippen LogP contribution in [0.2, 0.25) is 0 Å². The number of rotatable bonds is 3. The molecule has 0 fully saturated rings. The maximum Gasteiger partial charge on any atom is 0.189 e. The van der Waals surface area contributed by atoms with E-state index in [-0.39, 0.29) is 5.78 Å². The predicted octanol–water partition coefficient (Wildman–Crippen LogP) is 4.38. The third-order valence-electron chi connectivity index (χ3n) is 3.06. The van der Waals surface area contributed by atoms with Crippen LogP contribution in [0.5, 0.6) is 0 Å². The van der Waals surface area contributed by atoms with Gasteiger partial charge in [0.25, 0.3) is 0 Å². The van der Waals surface area contributed by atoms with Gasteiger partial charge in [0.2, 0.25) is 0 Å². The lowest BCUT2D eigenvalue weighted by molar-refractivity contribution is 0.103. The molecular formula is C16H16O. The van der Waals surface area contributed by atoms with Gasteiger partial charge >= 0.3 is 0 Å². The van der Waals surface area contributed by atoms with Gasteiger partial charge in [0.1, 0.15) is 0 Å². The van der Waals surface area contributed by atoms with Gasteiger partial charge in [-0.3, -0.25) is 4.79 Å². The summed E-state index contributed by atoms with van der Waals surface area (Å²) < 4.78 is 0. The fourth-order valence-corrected chi connectivity index (χ4v) is 2.09. The Morgan fingerprint density at radius 3 is 2.53 bits per heavy atom. The molecule has 0 saturated carbocycles. The van der Waals surface area contributed by atoms with Gasteiger partial charge in [0.05, 0.1) is 0 Å². The summed E-state index contributed by atoms with van der Waals surface area (Å²) in [6.45, 7) is 3.93. The van der Waals surface area contributed by atoms with Crippen LogP contribution in [0.1, 0.15) is 30.6 Å². The van der Waals surface area contributed by atoms with Crippen LogP contribution in [-0.4, -0.2) is 5.78 Å². The maximum absolute atomic E-state index is 12.4.